The second kappa shape index (κ2) is 6.47. The molecule has 6 nitrogen and oxygen atoms in total. The van der Waals surface area contributed by atoms with E-state index < -0.39 is 0 Å². The number of hydrogen-bond donors (Lipinski definition) is 2. The van der Waals surface area contributed by atoms with Crippen LogP contribution in [0.5, 0.6) is 17.2 Å². The number of ether oxygens (including phenoxy) is 3. The van der Waals surface area contributed by atoms with Crippen molar-refractivity contribution in [1.82, 2.24) is 5.43 Å². The van der Waals surface area contributed by atoms with Gasteiger partial charge in [-0.2, -0.15) is 0 Å². The normalized spacial score (nSPS) is 12.1. The van der Waals surface area contributed by atoms with Gasteiger partial charge >= 0.3 is 0 Å². The molecule has 0 aliphatic rings. The lowest BCUT2D eigenvalue weighted by molar-refractivity contribution is 0.324. The summed E-state index contributed by atoms with van der Waals surface area (Å²) in [6, 6.07) is 3.59. The summed E-state index contributed by atoms with van der Waals surface area (Å²) in [6.45, 7) is 5.97. The zero-order valence-corrected chi connectivity index (χ0v) is 12.9. The molecule has 1 aromatic rings. The van der Waals surface area contributed by atoms with E-state index in [1.54, 1.807) is 33.5 Å². The highest BCUT2D eigenvalue weighted by Gasteiger charge is 2.17. The van der Waals surface area contributed by atoms with E-state index in [1.807, 2.05) is 20.8 Å². The van der Waals surface area contributed by atoms with Crippen LogP contribution in [-0.4, -0.2) is 32.7 Å². The Kier molecular flexibility index (Phi) is 5.21. The van der Waals surface area contributed by atoms with Gasteiger partial charge in [-0.15, -0.1) is 0 Å². The molecule has 0 aliphatic carbocycles. The molecule has 112 valence electrons. The molecule has 1 aromatic carbocycles. The fourth-order valence-corrected chi connectivity index (χ4v) is 1.73. The number of nitrogens with zero attached hydrogens (tertiary/aromatic N) is 1. The minimum absolute atomic E-state index is 0.262. The van der Waals surface area contributed by atoms with Crippen LogP contribution in [0.4, 0.5) is 0 Å². The molecule has 0 saturated carbocycles. The molecular weight excluding hydrogens is 258 g/mol. The summed E-state index contributed by atoms with van der Waals surface area (Å²) in [6.07, 6.45) is 0. The fourth-order valence-electron chi connectivity index (χ4n) is 1.73. The zero-order chi connectivity index (χ0) is 15.3. The number of nitrogens with two attached hydrogens (primary N) is 1. The Hall–Kier alpha value is -1.95. The van der Waals surface area contributed by atoms with Crippen LogP contribution >= 0.6 is 0 Å². The van der Waals surface area contributed by atoms with E-state index in [4.69, 9.17) is 20.1 Å². The third-order valence-corrected chi connectivity index (χ3v) is 2.52. The van der Waals surface area contributed by atoms with Crippen molar-refractivity contribution in [3.8, 4) is 17.2 Å². The van der Waals surface area contributed by atoms with E-state index in [0.29, 0.717) is 23.1 Å². The van der Waals surface area contributed by atoms with E-state index in [1.165, 1.54) is 0 Å². The van der Waals surface area contributed by atoms with Gasteiger partial charge in [-0.3, -0.25) is 4.99 Å². The molecule has 0 fully saturated rings. The first-order valence-corrected chi connectivity index (χ1v) is 6.23. The number of methoxy groups -OCH3 is 3. The van der Waals surface area contributed by atoms with Gasteiger partial charge in [0.2, 0.25) is 5.75 Å². The van der Waals surface area contributed by atoms with Gasteiger partial charge in [0.1, 0.15) is 5.84 Å². The van der Waals surface area contributed by atoms with Gasteiger partial charge in [-0.1, -0.05) is 0 Å². The maximum Gasteiger partial charge on any atom is 0.203 e. The molecule has 0 unspecified atom stereocenters. The van der Waals surface area contributed by atoms with Crippen LogP contribution < -0.4 is 25.5 Å². The van der Waals surface area contributed by atoms with Crippen molar-refractivity contribution >= 4 is 5.84 Å². The SMILES string of the molecule is COc1cc(C(=NC(C)(C)C)NN)cc(OC)c1OC. The van der Waals surface area contributed by atoms with Crippen molar-refractivity contribution in [2.45, 2.75) is 26.3 Å². The van der Waals surface area contributed by atoms with E-state index in [9.17, 15) is 0 Å². The van der Waals surface area contributed by atoms with Gasteiger partial charge in [0.25, 0.3) is 0 Å². The van der Waals surface area contributed by atoms with Crippen LogP contribution in [0.1, 0.15) is 26.3 Å². The minimum atomic E-state index is -0.262. The van der Waals surface area contributed by atoms with E-state index >= 15 is 0 Å². The summed E-state index contributed by atoms with van der Waals surface area (Å²) in [5.41, 5.74) is 3.11. The number of amidine groups is 1. The highest BCUT2D eigenvalue weighted by molar-refractivity contribution is 5.99. The average molecular weight is 281 g/mol. The van der Waals surface area contributed by atoms with Crippen molar-refractivity contribution in [2.75, 3.05) is 21.3 Å². The maximum atomic E-state index is 5.57. The number of hydrazine groups is 1. The summed E-state index contributed by atoms with van der Waals surface area (Å²) < 4.78 is 15.9. The summed E-state index contributed by atoms with van der Waals surface area (Å²) >= 11 is 0. The highest BCUT2D eigenvalue weighted by atomic mass is 16.5. The number of nitrogens with one attached hydrogen (secondary N) is 1. The molecule has 0 radical (unpaired) electrons. The Morgan fingerprint density at radius 1 is 1.05 bits per heavy atom. The predicted molar refractivity (Wildman–Crippen MR) is 79.7 cm³/mol. The van der Waals surface area contributed by atoms with Crippen LogP contribution in [-0.2, 0) is 0 Å². The van der Waals surface area contributed by atoms with E-state index in [-0.39, 0.29) is 5.54 Å². The third-order valence-electron chi connectivity index (χ3n) is 2.52. The molecule has 0 atom stereocenters. The van der Waals surface area contributed by atoms with Gasteiger partial charge in [0, 0.05) is 5.56 Å². The third kappa shape index (κ3) is 3.77. The lowest BCUT2D eigenvalue weighted by atomic mass is 10.1. The van der Waals surface area contributed by atoms with E-state index in [2.05, 4.69) is 10.4 Å². The molecule has 0 aromatic heterocycles. The lowest BCUT2D eigenvalue weighted by Crippen LogP contribution is -2.33. The fraction of sp³-hybridized carbons (Fsp3) is 0.500. The zero-order valence-electron chi connectivity index (χ0n) is 12.9. The smallest absolute Gasteiger partial charge is 0.203 e. The Labute approximate surface area is 119 Å². The van der Waals surface area contributed by atoms with Gasteiger partial charge in [-0.25, -0.2) is 5.84 Å². The number of hydrogen-bond acceptors (Lipinski definition) is 5. The molecule has 3 N–H and O–H groups in total. The van der Waals surface area contributed by atoms with Gasteiger partial charge < -0.3 is 19.6 Å². The first-order chi connectivity index (χ1) is 9.36. The van der Waals surface area contributed by atoms with Crippen LogP contribution in [0.25, 0.3) is 0 Å². The van der Waals surface area contributed by atoms with Gasteiger partial charge in [0.05, 0.1) is 26.9 Å². The molecule has 6 heteroatoms. The molecule has 20 heavy (non-hydrogen) atoms. The van der Waals surface area contributed by atoms with E-state index in [0.717, 1.165) is 5.56 Å². The lowest BCUT2D eigenvalue weighted by Gasteiger charge is -2.18. The summed E-state index contributed by atoms with van der Waals surface area (Å²) in [5, 5.41) is 0. The number of benzene rings is 1. The standard InChI is InChI=1S/C14H23N3O3/c1-14(2,3)16-13(17-15)9-7-10(18-4)12(20-6)11(8-9)19-5/h7-8H,15H2,1-6H3,(H,16,17). The Balaban J connectivity index is 3.41. The predicted octanol–water partition coefficient (Wildman–Crippen LogP) is 1.72. The molecular formula is C14H23N3O3. The van der Waals surface area contributed by atoms with Crippen molar-refractivity contribution in [1.29, 1.82) is 0 Å². The summed E-state index contributed by atoms with van der Waals surface area (Å²) in [7, 11) is 4.69. The van der Waals surface area contributed by atoms with Crippen LogP contribution in [0.2, 0.25) is 0 Å². The van der Waals surface area contributed by atoms with Crippen molar-refractivity contribution in [3.63, 3.8) is 0 Å². The van der Waals surface area contributed by atoms with Crippen molar-refractivity contribution in [2.24, 2.45) is 10.8 Å². The quantitative estimate of drug-likeness (QED) is 0.380. The second-order valence-corrected chi connectivity index (χ2v) is 5.19. The summed E-state index contributed by atoms with van der Waals surface area (Å²) in [4.78, 5) is 4.53. The highest BCUT2D eigenvalue weighted by Crippen LogP contribution is 2.38. The second-order valence-electron chi connectivity index (χ2n) is 5.19. The molecule has 0 spiro atoms. The maximum absolute atomic E-state index is 5.57. The molecule has 0 bridgehead atoms. The molecule has 0 amide bonds. The molecule has 0 aliphatic heterocycles. The molecule has 1 rings (SSSR count). The number of rotatable bonds is 4. The summed E-state index contributed by atoms with van der Waals surface area (Å²) in [5.74, 6) is 7.77. The average Bonchev–Trinajstić information content (AvgIpc) is 2.41. The molecule has 0 saturated heterocycles. The largest absolute Gasteiger partial charge is 0.493 e. The Bertz CT molecular complexity index is 468. The topological polar surface area (TPSA) is 78.1 Å². The minimum Gasteiger partial charge on any atom is -0.493 e. The number of aliphatic imine (C=N–C) groups is 1. The van der Waals surface area contributed by atoms with Crippen molar-refractivity contribution < 1.29 is 14.2 Å². The first kappa shape index (κ1) is 16.1. The first-order valence-electron chi connectivity index (χ1n) is 6.23. The monoisotopic (exact) mass is 281 g/mol. The van der Waals surface area contributed by atoms with Crippen LogP contribution in [0.15, 0.2) is 17.1 Å². The Morgan fingerprint density at radius 3 is 1.85 bits per heavy atom. The van der Waals surface area contributed by atoms with Crippen LogP contribution in [0, 0.1) is 0 Å². The van der Waals surface area contributed by atoms with Crippen molar-refractivity contribution in [3.05, 3.63) is 17.7 Å². The molecule has 0 heterocycles. The van der Waals surface area contributed by atoms with Gasteiger partial charge in [-0.05, 0) is 32.9 Å². The van der Waals surface area contributed by atoms with Crippen LogP contribution in [0.3, 0.4) is 0 Å². The Morgan fingerprint density at radius 2 is 1.55 bits per heavy atom. The van der Waals surface area contributed by atoms with Gasteiger partial charge in [0.15, 0.2) is 11.5 Å².